The number of likely N-dealkylation sites (tertiary alicyclic amines) is 1. The molecule has 0 bridgehead atoms. The molecule has 0 saturated carbocycles. The van der Waals surface area contributed by atoms with Crippen molar-refractivity contribution in [1.29, 1.82) is 0 Å². The minimum Gasteiger partial charge on any atom is -0.333 e. The molecular formula is C13H19ClN4O. The van der Waals surface area contributed by atoms with Gasteiger partial charge in [-0.15, -0.1) is 0 Å². The molecule has 0 spiro atoms. The van der Waals surface area contributed by atoms with Crippen molar-refractivity contribution < 1.29 is 4.79 Å². The standard InChI is InChI=1S/C13H19ClN4O/c1-8-4-3-5-9(2)18(8)13(19)10-6-11(14)16-12(7-10)17-15/h6-9H,3-5,15H2,1-2H3,(H,16,17)/t8-,9+. The predicted molar refractivity (Wildman–Crippen MR) is 76.0 cm³/mol. The highest BCUT2D eigenvalue weighted by molar-refractivity contribution is 6.29. The third-order valence-corrected chi connectivity index (χ3v) is 3.81. The first kappa shape index (κ1) is 14.1. The lowest BCUT2D eigenvalue weighted by Crippen LogP contribution is -2.47. The Kier molecular flexibility index (Phi) is 4.27. The topological polar surface area (TPSA) is 71.2 Å². The molecule has 0 radical (unpaired) electrons. The third kappa shape index (κ3) is 2.98. The molecule has 1 saturated heterocycles. The average Bonchev–Trinajstić information content (AvgIpc) is 2.37. The van der Waals surface area contributed by atoms with Gasteiger partial charge in [-0.05, 0) is 45.2 Å². The number of hydrazine groups is 1. The Hall–Kier alpha value is -1.33. The van der Waals surface area contributed by atoms with Gasteiger partial charge in [0.15, 0.2) is 0 Å². The monoisotopic (exact) mass is 282 g/mol. The summed E-state index contributed by atoms with van der Waals surface area (Å²) >= 11 is 5.91. The molecule has 2 atom stereocenters. The summed E-state index contributed by atoms with van der Waals surface area (Å²) in [6.07, 6.45) is 3.24. The van der Waals surface area contributed by atoms with Gasteiger partial charge < -0.3 is 10.3 Å². The van der Waals surface area contributed by atoms with Crippen LogP contribution in [-0.2, 0) is 0 Å². The molecule has 1 aliphatic rings. The van der Waals surface area contributed by atoms with E-state index >= 15 is 0 Å². The second-order valence-electron chi connectivity index (χ2n) is 5.05. The van der Waals surface area contributed by atoms with E-state index < -0.39 is 0 Å². The number of nitrogen functional groups attached to an aromatic ring is 1. The summed E-state index contributed by atoms with van der Waals surface area (Å²) in [4.78, 5) is 18.5. The first-order valence-electron chi connectivity index (χ1n) is 6.49. The van der Waals surface area contributed by atoms with E-state index in [1.54, 1.807) is 12.1 Å². The van der Waals surface area contributed by atoms with E-state index in [-0.39, 0.29) is 23.1 Å². The smallest absolute Gasteiger partial charge is 0.254 e. The molecule has 0 aromatic carbocycles. The van der Waals surface area contributed by atoms with Gasteiger partial charge in [0.1, 0.15) is 11.0 Å². The van der Waals surface area contributed by atoms with Gasteiger partial charge in [0.25, 0.3) is 5.91 Å². The van der Waals surface area contributed by atoms with Crippen LogP contribution >= 0.6 is 11.6 Å². The highest BCUT2D eigenvalue weighted by Gasteiger charge is 2.29. The number of rotatable bonds is 2. The van der Waals surface area contributed by atoms with E-state index in [1.807, 2.05) is 4.90 Å². The number of aromatic nitrogens is 1. The molecule has 6 heteroatoms. The van der Waals surface area contributed by atoms with Crippen LogP contribution in [0.5, 0.6) is 0 Å². The van der Waals surface area contributed by atoms with Gasteiger partial charge >= 0.3 is 0 Å². The maximum absolute atomic E-state index is 12.6. The molecule has 19 heavy (non-hydrogen) atoms. The summed E-state index contributed by atoms with van der Waals surface area (Å²) < 4.78 is 0. The van der Waals surface area contributed by atoms with Gasteiger partial charge in [0, 0.05) is 17.6 Å². The Morgan fingerprint density at radius 3 is 2.63 bits per heavy atom. The molecule has 0 aliphatic carbocycles. The van der Waals surface area contributed by atoms with Gasteiger partial charge in [-0.2, -0.15) is 0 Å². The van der Waals surface area contributed by atoms with Crippen molar-refractivity contribution in [3.63, 3.8) is 0 Å². The second-order valence-corrected chi connectivity index (χ2v) is 5.44. The van der Waals surface area contributed by atoms with Crippen molar-refractivity contribution in [3.8, 4) is 0 Å². The van der Waals surface area contributed by atoms with E-state index in [1.165, 1.54) is 6.42 Å². The van der Waals surface area contributed by atoms with Crippen molar-refractivity contribution in [2.24, 2.45) is 5.84 Å². The van der Waals surface area contributed by atoms with Gasteiger partial charge in [-0.3, -0.25) is 4.79 Å². The minimum atomic E-state index is -0.0134. The number of piperidine rings is 1. The summed E-state index contributed by atoms with van der Waals surface area (Å²) in [5, 5.41) is 0.260. The van der Waals surface area contributed by atoms with Crippen LogP contribution in [0.15, 0.2) is 12.1 Å². The summed E-state index contributed by atoms with van der Waals surface area (Å²) in [7, 11) is 0. The summed E-state index contributed by atoms with van der Waals surface area (Å²) in [5.41, 5.74) is 2.94. The van der Waals surface area contributed by atoms with Crippen LogP contribution in [0.3, 0.4) is 0 Å². The SMILES string of the molecule is C[C@@H]1CCC[C@H](C)N1C(=O)c1cc(Cl)nc(NN)c1. The van der Waals surface area contributed by atoms with Crippen molar-refractivity contribution >= 4 is 23.3 Å². The Morgan fingerprint density at radius 2 is 2.05 bits per heavy atom. The maximum Gasteiger partial charge on any atom is 0.254 e. The molecule has 1 amide bonds. The number of halogens is 1. The number of pyridine rings is 1. The van der Waals surface area contributed by atoms with Gasteiger partial charge in [-0.1, -0.05) is 11.6 Å². The zero-order valence-corrected chi connectivity index (χ0v) is 11.9. The number of hydrogen-bond acceptors (Lipinski definition) is 4. The molecule has 5 nitrogen and oxygen atoms in total. The summed E-state index contributed by atoms with van der Waals surface area (Å²) in [6.45, 7) is 4.16. The highest BCUT2D eigenvalue weighted by Crippen LogP contribution is 2.25. The van der Waals surface area contributed by atoms with E-state index in [9.17, 15) is 4.79 Å². The lowest BCUT2D eigenvalue weighted by atomic mass is 9.96. The van der Waals surface area contributed by atoms with Crippen LogP contribution in [0.1, 0.15) is 43.5 Å². The van der Waals surface area contributed by atoms with Gasteiger partial charge in [-0.25, -0.2) is 10.8 Å². The lowest BCUT2D eigenvalue weighted by molar-refractivity contribution is 0.0510. The van der Waals surface area contributed by atoms with E-state index in [0.29, 0.717) is 11.4 Å². The zero-order valence-electron chi connectivity index (χ0n) is 11.2. The molecular weight excluding hydrogens is 264 g/mol. The lowest BCUT2D eigenvalue weighted by Gasteiger charge is -2.39. The van der Waals surface area contributed by atoms with Crippen LogP contribution in [0.2, 0.25) is 5.15 Å². The first-order chi connectivity index (χ1) is 9.02. The van der Waals surface area contributed by atoms with Crippen molar-refractivity contribution in [2.45, 2.75) is 45.2 Å². The number of nitrogens with one attached hydrogen (secondary N) is 1. The average molecular weight is 283 g/mol. The zero-order chi connectivity index (χ0) is 14.0. The molecule has 2 rings (SSSR count). The number of nitrogens with zero attached hydrogens (tertiary/aromatic N) is 2. The Labute approximate surface area is 118 Å². The predicted octanol–water partition coefficient (Wildman–Crippen LogP) is 2.42. The normalized spacial score (nSPS) is 23.3. The number of hydrogen-bond donors (Lipinski definition) is 2. The third-order valence-electron chi connectivity index (χ3n) is 3.62. The van der Waals surface area contributed by atoms with Crippen LogP contribution in [0.4, 0.5) is 5.82 Å². The fourth-order valence-corrected chi connectivity index (χ4v) is 2.87. The number of carbonyl (C=O) groups is 1. The Balaban J connectivity index is 2.30. The quantitative estimate of drug-likeness (QED) is 0.496. The fraction of sp³-hybridized carbons (Fsp3) is 0.538. The molecule has 0 unspecified atom stereocenters. The fourth-order valence-electron chi connectivity index (χ4n) is 2.66. The highest BCUT2D eigenvalue weighted by atomic mass is 35.5. The van der Waals surface area contributed by atoms with Crippen molar-refractivity contribution in [3.05, 3.63) is 22.8 Å². The molecule has 3 N–H and O–H groups in total. The molecule has 1 aromatic heterocycles. The second kappa shape index (κ2) is 5.75. The molecule has 104 valence electrons. The van der Waals surface area contributed by atoms with Gasteiger partial charge in [0.05, 0.1) is 0 Å². The number of anilines is 1. The van der Waals surface area contributed by atoms with Crippen LogP contribution < -0.4 is 11.3 Å². The number of nitrogens with two attached hydrogens (primary N) is 1. The summed E-state index contributed by atoms with van der Waals surface area (Å²) in [6, 6.07) is 3.70. The Morgan fingerprint density at radius 1 is 1.42 bits per heavy atom. The van der Waals surface area contributed by atoms with Crippen LogP contribution in [-0.4, -0.2) is 27.9 Å². The molecule has 2 heterocycles. The molecule has 1 aromatic rings. The maximum atomic E-state index is 12.6. The minimum absolute atomic E-state index is 0.0134. The van der Waals surface area contributed by atoms with E-state index in [4.69, 9.17) is 17.4 Å². The van der Waals surface area contributed by atoms with Crippen molar-refractivity contribution in [1.82, 2.24) is 9.88 Å². The first-order valence-corrected chi connectivity index (χ1v) is 6.87. The van der Waals surface area contributed by atoms with Crippen LogP contribution in [0, 0.1) is 0 Å². The van der Waals surface area contributed by atoms with E-state index in [0.717, 1.165) is 12.8 Å². The number of carbonyl (C=O) groups excluding carboxylic acids is 1. The molecule has 1 fully saturated rings. The molecule has 1 aliphatic heterocycles. The van der Waals surface area contributed by atoms with E-state index in [2.05, 4.69) is 24.3 Å². The van der Waals surface area contributed by atoms with Crippen molar-refractivity contribution in [2.75, 3.05) is 5.43 Å². The summed E-state index contributed by atoms with van der Waals surface area (Å²) in [5.74, 6) is 5.71. The largest absolute Gasteiger partial charge is 0.333 e. The van der Waals surface area contributed by atoms with Crippen LogP contribution in [0.25, 0.3) is 0 Å². The van der Waals surface area contributed by atoms with Gasteiger partial charge in [0.2, 0.25) is 0 Å². The number of amides is 1. The Bertz CT molecular complexity index is 470.